The average Bonchev–Trinajstić information content (AvgIpc) is 2.74. The van der Waals surface area contributed by atoms with Gasteiger partial charge in [-0.25, -0.2) is 23.1 Å². The summed E-state index contributed by atoms with van der Waals surface area (Å²) in [4.78, 5) is 24.6. The molecule has 164 valence electrons. The average molecular weight is 441 g/mol. The fourth-order valence-corrected chi connectivity index (χ4v) is 5.92. The molecule has 3 N–H and O–H groups in total. The van der Waals surface area contributed by atoms with E-state index in [0.29, 0.717) is 6.42 Å². The van der Waals surface area contributed by atoms with Crippen LogP contribution >= 0.6 is 0 Å². The van der Waals surface area contributed by atoms with Crippen molar-refractivity contribution in [2.24, 2.45) is 5.41 Å². The maximum absolute atomic E-state index is 13.1. The van der Waals surface area contributed by atoms with Gasteiger partial charge in [-0.05, 0) is 42.5 Å². The second-order valence-electron chi connectivity index (χ2n) is 7.59. The van der Waals surface area contributed by atoms with E-state index in [0.717, 1.165) is 16.0 Å². The molecule has 2 heterocycles. The maximum Gasteiger partial charge on any atom is 0.407 e. The predicted octanol–water partition coefficient (Wildman–Crippen LogP) is 1.51. The standard InChI is InChI=1S/C19H24FN3O6S/c20-16-3-1-14(2-4-16)15-5-9-23(10-6-15)30(28,29)13-19(17(24)21-27)7-11-22(12-8-19)18(25)26/h1-5,27H,6-13H2,(H,21,24)(H,25,26). The molecule has 0 unspecified atom stereocenters. The van der Waals surface area contributed by atoms with E-state index >= 15 is 0 Å². The normalized spacial score (nSPS) is 19.8. The Bertz CT molecular complexity index is 940. The minimum Gasteiger partial charge on any atom is -0.465 e. The number of sulfonamides is 1. The molecule has 0 atom stereocenters. The van der Waals surface area contributed by atoms with E-state index in [-0.39, 0.29) is 44.8 Å². The Morgan fingerprint density at radius 1 is 1.13 bits per heavy atom. The van der Waals surface area contributed by atoms with Crippen molar-refractivity contribution >= 4 is 27.6 Å². The number of nitrogens with zero attached hydrogens (tertiary/aromatic N) is 2. The van der Waals surface area contributed by atoms with E-state index < -0.39 is 33.2 Å². The lowest BCUT2D eigenvalue weighted by Crippen LogP contribution is -2.54. The van der Waals surface area contributed by atoms with Gasteiger partial charge >= 0.3 is 6.09 Å². The summed E-state index contributed by atoms with van der Waals surface area (Å²) in [5, 5.41) is 18.2. The number of halogens is 1. The highest BCUT2D eigenvalue weighted by Crippen LogP contribution is 2.35. The number of hydrogen-bond donors (Lipinski definition) is 3. The van der Waals surface area contributed by atoms with Crippen LogP contribution in [0.4, 0.5) is 9.18 Å². The van der Waals surface area contributed by atoms with Crippen molar-refractivity contribution in [2.45, 2.75) is 19.3 Å². The zero-order chi connectivity index (χ0) is 21.9. The lowest BCUT2D eigenvalue weighted by Gasteiger charge is -2.40. The van der Waals surface area contributed by atoms with Crippen LogP contribution in [-0.2, 0) is 14.8 Å². The molecule has 2 aliphatic rings. The number of hydrogen-bond acceptors (Lipinski definition) is 5. The molecule has 11 heteroatoms. The molecule has 2 aliphatic heterocycles. The molecule has 0 bridgehead atoms. The molecular weight excluding hydrogens is 417 g/mol. The minimum atomic E-state index is -3.86. The van der Waals surface area contributed by atoms with Gasteiger partial charge in [0.25, 0.3) is 5.91 Å². The minimum absolute atomic E-state index is 0.00453. The van der Waals surface area contributed by atoms with Crippen LogP contribution < -0.4 is 5.48 Å². The van der Waals surface area contributed by atoms with Gasteiger partial charge in [-0.3, -0.25) is 10.0 Å². The highest BCUT2D eigenvalue weighted by molar-refractivity contribution is 7.89. The molecule has 3 rings (SSSR count). The third-order valence-corrected chi connectivity index (χ3v) is 7.85. The lowest BCUT2D eigenvalue weighted by atomic mass is 9.79. The Labute approximate surface area is 173 Å². The molecule has 0 saturated carbocycles. The first-order valence-electron chi connectivity index (χ1n) is 9.52. The Kier molecular flexibility index (Phi) is 6.44. The second-order valence-corrected chi connectivity index (χ2v) is 9.56. The van der Waals surface area contributed by atoms with E-state index in [1.165, 1.54) is 16.4 Å². The maximum atomic E-state index is 13.1. The van der Waals surface area contributed by atoms with E-state index in [1.54, 1.807) is 23.7 Å². The topological polar surface area (TPSA) is 127 Å². The summed E-state index contributed by atoms with van der Waals surface area (Å²) >= 11 is 0. The molecule has 9 nitrogen and oxygen atoms in total. The third-order valence-electron chi connectivity index (χ3n) is 5.81. The van der Waals surface area contributed by atoms with Crippen LogP contribution in [0, 0.1) is 11.2 Å². The van der Waals surface area contributed by atoms with Gasteiger partial charge in [-0.1, -0.05) is 18.2 Å². The molecule has 30 heavy (non-hydrogen) atoms. The van der Waals surface area contributed by atoms with Crippen molar-refractivity contribution in [3.8, 4) is 0 Å². The Morgan fingerprint density at radius 2 is 1.77 bits per heavy atom. The number of carbonyl (C=O) groups is 2. The predicted molar refractivity (Wildman–Crippen MR) is 106 cm³/mol. The van der Waals surface area contributed by atoms with Gasteiger partial charge in [0.05, 0.1) is 11.2 Å². The van der Waals surface area contributed by atoms with Crippen LogP contribution in [0.1, 0.15) is 24.8 Å². The number of benzene rings is 1. The summed E-state index contributed by atoms with van der Waals surface area (Å²) in [6, 6.07) is 5.98. The first-order valence-corrected chi connectivity index (χ1v) is 11.1. The summed E-state index contributed by atoms with van der Waals surface area (Å²) in [5.41, 5.74) is 1.89. The molecule has 0 aliphatic carbocycles. The molecular formula is C19H24FN3O6S. The fourth-order valence-electron chi connectivity index (χ4n) is 3.95. The Balaban J connectivity index is 1.73. The monoisotopic (exact) mass is 441 g/mol. The summed E-state index contributed by atoms with van der Waals surface area (Å²) in [5.74, 6) is -1.68. The first-order chi connectivity index (χ1) is 14.2. The van der Waals surface area contributed by atoms with Crippen LogP contribution in [-0.4, -0.2) is 71.9 Å². The van der Waals surface area contributed by atoms with Crippen molar-refractivity contribution in [3.63, 3.8) is 0 Å². The van der Waals surface area contributed by atoms with Gasteiger partial charge in [0.2, 0.25) is 10.0 Å². The SMILES string of the molecule is O=C(O)N1CCC(CS(=O)(=O)N2CC=C(c3ccc(F)cc3)CC2)(C(=O)NO)CC1. The van der Waals surface area contributed by atoms with Crippen molar-refractivity contribution < 1.29 is 32.7 Å². The van der Waals surface area contributed by atoms with Gasteiger partial charge in [0.1, 0.15) is 5.82 Å². The number of piperidine rings is 1. The molecule has 0 spiro atoms. The van der Waals surface area contributed by atoms with Gasteiger partial charge < -0.3 is 10.0 Å². The Morgan fingerprint density at radius 3 is 2.27 bits per heavy atom. The van der Waals surface area contributed by atoms with Crippen LogP contribution in [0.5, 0.6) is 0 Å². The number of amides is 2. The van der Waals surface area contributed by atoms with E-state index in [2.05, 4.69) is 0 Å². The van der Waals surface area contributed by atoms with Crippen LogP contribution in [0.15, 0.2) is 30.3 Å². The van der Waals surface area contributed by atoms with Crippen molar-refractivity contribution in [3.05, 3.63) is 41.7 Å². The molecule has 0 radical (unpaired) electrons. The molecule has 1 aromatic carbocycles. The van der Waals surface area contributed by atoms with Crippen LogP contribution in [0.3, 0.4) is 0 Å². The summed E-state index contributed by atoms with van der Waals surface area (Å²) in [6.07, 6.45) is 1.06. The fraction of sp³-hybridized carbons (Fsp3) is 0.474. The van der Waals surface area contributed by atoms with Gasteiger partial charge in [0, 0.05) is 26.2 Å². The van der Waals surface area contributed by atoms with Crippen LogP contribution in [0.25, 0.3) is 5.57 Å². The zero-order valence-electron chi connectivity index (χ0n) is 16.3. The zero-order valence-corrected chi connectivity index (χ0v) is 17.1. The summed E-state index contributed by atoms with van der Waals surface area (Å²) in [6.45, 7) is 0.344. The highest BCUT2D eigenvalue weighted by Gasteiger charge is 2.47. The number of hydroxylamine groups is 1. The van der Waals surface area contributed by atoms with E-state index in [9.17, 15) is 22.4 Å². The second kappa shape index (κ2) is 8.70. The third kappa shape index (κ3) is 4.63. The first kappa shape index (κ1) is 22.2. The summed E-state index contributed by atoms with van der Waals surface area (Å²) < 4.78 is 40.5. The van der Waals surface area contributed by atoms with Crippen LogP contribution in [0.2, 0.25) is 0 Å². The lowest BCUT2D eigenvalue weighted by molar-refractivity contribution is -0.141. The smallest absolute Gasteiger partial charge is 0.407 e. The number of likely N-dealkylation sites (tertiary alicyclic amines) is 1. The van der Waals surface area contributed by atoms with Gasteiger partial charge in [-0.15, -0.1) is 0 Å². The number of rotatable bonds is 5. The number of carbonyl (C=O) groups excluding carboxylic acids is 1. The van der Waals surface area contributed by atoms with Gasteiger partial charge in [0.15, 0.2) is 0 Å². The molecule has 1 aromatic rings. The van der Waals surface area contributed by atoms with Gasteiger partial charge in [-0.2, -0.15) is 4.31 Å². The molecule has 0 aromatic heterocycles. The quantitative estimate of drug-likeness (QED) is 0.470. The summed E-state index contributed by atoms with van der Waals surface area (Å²) in [7, 11) is -3.86. The molecule has 1 fully saturated rings. The number of nitrogens with one attached hydrogen (secondary N) is 1. The van der Waals surface area contributed by atoms with Crippen molar-refractivity contribution in [1.82, 2.24) is 14.7 Å². The largest absolute Gasteiger partial charge is 0.465 e. The Hall–Kier alpha value is -2.50. The molecule has 2 amide bonds. The van der Waals surface area contributed by atoms with Crippen molar-refractivity contribution in [1.29, 1.82) is 0 Å². The highest BCUT2D eigenvalue weighted by atomic mass is 32.2. The molecule has 1 saturated heterocycles. The van der Waals surface area contributed by atoms with E-state index in [4.69, 9.17) is 10.3 Å². The van der Waals surface area contributed by atoms with Crippen molar-refractivity contribution in [2.75, 3.05) is 31.9 Å². The number of carboxylic acid groups (broad SMARTS) is 1. The van der Waals surface area contributed by atoms with E-state index in [1.807, 2.05) is 0 Å².